The molecule has 6 heteroatoms. The molecule has 1 saturated heterocycles. The van der Waals surface area contributed by atoms with Gasteiger partial charge in [0, 0.05) is 24.5 Å². The predicted molar refractivity (Wildman–Crippen MR) is 114 cm³/mol. The summed E-state index contributed by atoms with van der Waals surface area (Å²) in [5, 5.41) is 0. The minimum atomic E-state index is 0.393. The number of rotatable bonds is 4. The summed E-state index contributed by atoms with van der Waals surface area (Å²) in [5.74, 6) is 0.833. The first-order valence-corrected chi connectivity index (χ1v) is 10.1. The molecule has 6 nitrogen and oxygen atoms in total. The fourth-order valence-electron chi connectivity index (χ4n) is 3.91. The van der Waals surface area contributed by atoms with Crippen LogP contribution in [0.15, 0.2) is 59.3 Å². The van der Waals surface area contributed by atoms with Crippen LogP contribution in [0.4, 0.5) is 5.82 Å². The molecular weight excluding hydrogens is 362 g/mol. The standard InChI is InChI=1S/C23H23N5O/c24-21-19(22-27-20-8-5-9-25-23(20)29-22)13-18(14-26-21)17-7-4-6-16(12-17)15-28-10-2-1-3-11-28/h4-9,12-14H,1-3,10-11,15H2,(H2,24,26). The quantitative estimate of drug-likeness (QED) is 0.556. The van der Waals surface area contributed by atoms with Crippen molar-refractivity contribution in [2.45, 2.75) is 25.8 Å². The third-order valence-corrected chi connectivity index (χ3v) is 5.43. The van der Waals surface area contributed by atoms with E-state index in [0.29, 0.717) is 28.5 Å². The average molecular weight is 385 g/mol. The van der Waals surface area contributed by atoms with E-state index < -0.39 is 0 Å². The summed E-state index contributed by atoms with van der Waals surface area (Å²) in [7, 11) is 0. The number of aromatic nitrogens is 3. The number of nitrogens with two attached hydrogens (primary N) is 1. The molecule has 2 N–H and O–H groups in total. The van der Waals surface area contributed by atoms with Crippen molar-refractivity contribution in [1.29, 1.82) is 0 Å². The molecule has 0 radical (unpaired) electrons. The minimum Gasteiger partial charge on any atom is -0.418 e. The number of pyridine rings is 2. The number of piperidine rings is 1. The van der Waals surface area contributed by atoms with Gasteiger partial charge in [-0.1, -0.05) is 24.6 Å². The molecule has 1 aromatic carbocycles. The molecule has 0 spiro atoms. The lowest BCUT2D eigenvalue weighted by atomic mass is 10.0. The molecule has 4 aromatic rings. The van der Waals surface area contributed by atoms with E-state index in [9.17, 15) is 0 Å². The van der Waals surface area contributed by atoms with Crippen molar-refractivity contribution in [2.24, 2.45) is 0 Å². The first-order chi connectivity index (χ1) is 14.3. The molecule has 29 heavy (non-hydrogen) atoms. The van der Waals surface area contributed by atoms with Crippen LogP contribution in [0.25, 0.3) is 33.8 Å². The molecule has 0 atom stereocenters. The van der Waals surface area contributed by atoms with E-state index in [-0.39, 0.29) is 0 Å². The van der Waals surface area contributed by atoms with Crippen molar-refractivity contribution >= 4 is 17.0 Å². The lowest BCUT2D eigenvalue weighted by Gasteiger charge is -2.26. The largest absolute Gasteiger partial charge is 0.418 e. The molecular formula is C23H23N5O. The van der Waals surface area contributed by atoms with Crippen LogP contribution in [0.2, 0.25) is 0 Å². The van der Waals surface area contributed by atoms with Gasteiger partial charge in [-0.25, -0.2) is 15.0 Å². The maximum Gasteiger partial charge on any atom is 0.247 e. The highest BCUT2D eigenvalue weighted by atomic mass is 16.4. The molecule has 5 rings (SSSR count). The van der Waals surface area contributed by atoms with Crippen LogP contribution in [0.5, 0.6) is 0 Å². The maximum absolute atomic E-state index is 6.14. The number of fused-ring (bicyclic) bond motifs is 1. The second kappa shape index (κ2) is 7.64. The van der Waals surface area contributed by atoms with Crippen molar-refractivity contribution in [3.63, 3.8) is 0 Å². The number of hydrogen-bond acceptors (Lipinski definition) is 6. The fourth-order valence-corrected chi connectivity index (χ4v) is 3.91. The van der Waals surface area contributed by atoms with Crippen LogP contribution in [0.3, 0.4) is 0 Å². The summed E-state index contributed by atoms with van der Waals surface area (Å²) in [4.78, 5) is 15.6. The molecule has 0 amide bonds. The van der Waals surface area contributed by atoms with Gasteiger partial charge in [0.2, 0.25) is 11.6 Å². The Labute approximate surface area is 169 Å². The number of benzene rings is 1. The fraction of sp³-hybridized carbons (Fsp3) is 0.261. The van der Waals surface area contributed by atoms with Crippen LogP contribution in [-0.4, -0.2) is 32.9 Å². The van der Waals surface area contributed by atoms with Crippen LogP contribution >= 0.6 is 0 Å². The van der Waals surface area contributed by atoms with Crippen LogP contribution in [0.1, 0.15) is 24.8 Å². The van der Waals surface area contributed by atoms with Crippen LogP contribution in [0, 0.1) is 0 Å². The zero-order valence-corrected chi connectivity index (χ0v) is 16.2. The van der Waals surface area contributed by atoms with Crippen molar-refractivity contribution in [3.05, 3.63) is 60.4 Å². The summed E-state index contributed by atoms with van der Waals surface area (Å²) in [5.41, 5.74) is 11.4. The minimum absolute atomic E-state index is 0.393. The predicted octanol–water partition coefficient (Wildman–Crippen LogP) is 4.52. The number of nitrogens with zero attached hydrogens (tertiary/aromatic N) is 4. The van der Waals surface area contributed by atoms with E-state index in [1.54, 1.807) is 12.4 Å². The average Bonchev–Trinajstić information content (AvgIpc) is 3.19. The van der Waals surface area contributed by atoms with Gasteiger partial charge in [-0.05, 0) is 61.3 Å². The molecule has 0 aliphatic carbocycles. The Morgan fingerprint density at radius 2 is 1.86 bits per heavy atom. The Kier molecular flexibility index (Phi) is 4.69. The van der Waals surface area contributed by atoms with Crippen LogP contribution in [-0.2, 0) is 6.54 Å². The van der Waals surface area contributed by atoms with Gasteiger partial charge in [-0.3, -0.25) is 4.90 Å². The van der Waals surface area contributed by atoms with Gasteiger partial charge in [0.15, 0.2) is 0 Å². The second-order valence-corrected chi connectivity index (χ2v) is 7.54. The topological polar surface area (TPSA) is 81.1 Å². The number of anilines is 1. The van der Waals surface area contributed by atoms with Gasteiger partial charge in [0.05, 0.1) is 5.56 Å². The highest BCUT2D eigenvalue weighted by Crippen LogP contribution is 2.31. The first-order valence-electron chi connectivity index (χ1n) is 10.1. The molecule has 1 fully saturated rings. The van der Waals surface area contributed by atoms with Crippen molar-refractivity contribution < 1.29 is 4.42 Å². The molecule has 3 aromatic heterocycles. The van der Waals surface area contributed by atoms with Gasteiger partial charge in [0.25, 0.3) is 0 Å². The lowest BCUT2D eigenvalue weighted by Crippen LogP contribution is -2.29. The molecule has 1 aliphatic rings. The van der Waals surface area contributed by atoms with Gasteiger partial charge >= 0.3 is 0 Å². The molecule has 0 saturated carbocycles. The van der Waals surface area contributed by atoms with E-state index in [1.165, 1.54) is 37.9 Å². The third-order valence-electron chi connectivity index (χ3n) is 5.43. The number of nitrogen functional groups attached to an aromatic ring is 1. The smallest absolute Gasteiger partial charge is 0.247 e. The lowest BCUT2D eigenvalue weighted by molar-refractivity contribution is 0.221. The Bertz CT molecular complexity index is 1110. The van der Waals surface area contributed by atoms with Crippen molar-refractivity contribution in [1.82, 2.24) is 19.9 Å². The van der Waals surface area contributed by atoms with Crippen molar-refractivity contribution in [2.75, 3.05) is 18.8 Å². The Morgan fingerprint density at radius 1 is 0.966 bits per heavy atom. The second-order valence-electron chi connectivity index (χ2n) is 7.54. The van der Waals surface area contributed by atoms with Gasteiger partial charge in [-0.2, -0.15) is 0 Å². The monoisotopic (exact) mass is 385 g/mol. The van der Waals surface area contributed by atoms with E-state index in [1.807, 2.05) is 18.2 Å². The van der Waals surface area contributed by atoms with Gasteiger partial charge in [-0.15, -0.1) is 0 Å². The number of hydrogen-bond donors (Lipinski definition) is 1. The highest BCUT2D eigenvalue weighted by molar-refractivity contribution is 5.79. The van der Waals surface area contributed by atoms with E-state index >= 15 is 0 Å². The molecule has 4 heterocycles. The summed E-state index contributed by atoms with van der Waals surface area (Å²) in [6, 6.07) is 14.3. The molecule has 0 unspecified atom stereocenters. The summed E-state index contributed by atoms with van der Waals surface area (Å²) in [6.07, 6.45) is 7.43. The highest BCUT2D eigenvalue weighted by Gasteiger charge is 2.15. The number of likely N-dealkylation sites (tertiary alicyclic amines) is 1. The zero-order valence-electron chi connectivity index (χ0n) is 16.2. The Morgan fingerprint density at radius 3 is 2.72 bits per heavy atom. The van der Waals surface area contributed by atoms with Gasteiger partial charge in [0.1, 0.15) is 11.3 Å². The molecule has 0 bridgehead atoms. The SMILES string of the molecule is Nc1ncc(-c2cccc(CN3CCCCC3)c2)cc1-c1nc2cccnc2o1. The normalized spacial score (nSPS) is 15.0. The summed E-state index contributed by atoms with van der Waals surface area (Å²) >= 11 is 0. The van der Waals surface area contributed by atoms with E-state index in [2.05, 4.69) is 44.1 Å². The zero-order chi connectivity index (χ0) is 19.6. The first kappa shape index (κ1) is 17.8. The van der Waals surface area contributed by atoms with E-state index in [4.69, 9.17) is 10.2 Å². The summed E-state index contributed by atoms with van der Waals surface area (Å²) < 4.78 is 5.80. The van der Waals surface area contributed by atoms with Crippen LogP contribution < -0.4 is 5.73 Å². The maximum atomic E-state index is 6.14. The third kappa shape index (κ3) is 3.71. The Balaban J connectivity index is 1.47. The van der Waals surface area contributed by atoms with Gasteiger partial charge < -0.3 is 10.2 Å². The Hall–Kier alpha value is -3.25. The summed E-state index contributed by atoms with van der Waals surface area (Å²) in [6.45, 7) is 3.35. The van der Waals surface area contributed by atoms with Crippen molar-refractivity contribution in [3.8, 4) is 22.6 Å². The van der Waals surface area contributed by atoms with E-state index in [0.717, 1.165) is 17.7 Å². The molecule has 146 valence electrons. The number of oxazole rings is 1. The molecule has 1 aliphatic heterocycles.